The number of aryl methyl sites for hydroxylation is 1. The van der Waals surface area contributed by atoms with E-state index in [0.29, 0.717) is 0 Å². The third kappa shape index (κ3) is 2.17. The van der Waals surface area contributed by atoms with E-state index in [2.05, 4.69) is 33.3 Å². The second-order valence-corrected chi connectivity index (χ2v) is 5.15. The Labute approximate surface area is 115 Å². The van der Waals surface area contributed by atoms with Crippen LogP contribution in [0.25, 0.3) is 21.6 Å². The summed E-state index contributed by atoms with van der Waals surface area (Å²) in [5.74, 6) is 1.66. The largest absolute Gasteiger partial charge is 0.370 e. The Kier molecular flexibility index (Phi) is 3.13. The van der Waals surface area contributed by atoms with Gasteiger partial charge in [-0.25, -0.2) is 9.97 Å². The van der Waals surface area contributed by atoms with Crippen molar-refractivity contribution in [2.24, 2.45) is 0 Å². The van der Waals surface area contributed by atoms with Crippen molar-refractivity contribution < 1.29 is 0 Å². The molecule has 96 valence electrons. The van der Waals surface area contributed by atoms with Crippen LogP contribution in [0, 0.1) is 6.92 Å². The molecule has 0 aromatic carbocycles. The van der Waals surface area contributed by atoms with Crippen LogP contribution in [-0.4, -0.2) is 21.5 Å². The number of rotatable bonds is 3. The van der Waals surface area contributed by atoms with Crippen molar-refractivity contribution in [3.63, 3.8) is 0 Å². The number of thiophene rings is 1. The molecule has 3 rings (SSSR count). The zero-order valence-electron chi connectivity index (χ0n) is 10.8. The number of aromatic nitrogens is 3. The molecule has 0 amide bonds. The summed E-state index contributed by atoms with van der Waals surface area (Å²) in [7, 11) is 0. The van der Waals surface area contributed by atoms with Gasteiger partial charge in [-0.15, -0.1) is 11.3 Å². The number of anilines is 1. The van der Waals surface area contributed by atoms with Gasteiger partial charge in [0.25, 0.3) is 0 Å². The van der Waals surface area contributed by atoms with Crippen molar-refractivity contribution in [2.75, 3.05) is 11.9 Å². The van der Waals surface area contributed by atoms with Gasteiger partial charge >= 0.3 is 0 Å². The topological polar surface area (TPSA) is 50.7 Å². The first-order valence-corrected chi connectivity index (χ1v) is 7.07. The summed E-state index contributed by atoms with van der Waals surface area (Å²) in [6.07, 6.45) is 3.61. The molecular weight excluding hydrogens is 256 g/mol. The normalized spacial score (nSPS) is 10.8. The Morgan fingerprint density at radius 2 is 2.16 bits per heavy atom. The van der Waals surface area contributed by atoms with Crippen molar-refractivity contribution >= 4 is 27.4 Å². The fraction of sp³-hybridized carbons (Fsp3) is 0.214. The molecule has 0 atom stereocenters. The minimum atomic E-state index is 0.755. The lowest BCUT2D eigenvalue weighted by atomic mass is 10.1. The monoisotopic (exact) mass is 270 g/mol. The van der Waals surface area contributed by atoms with Gasteiger partial charge in [-0.05, 0) is 36.9 Å². The Hall–Kier alpha value is -2.01. The maximum atomic E-state index is 4.65. The number of fused-ring (bicyclic) bond motifs is 1. The molecule has 0 bridgehead atoms. The first-order valence-electron chi connectivity index (χ1n) is 6.19. The minimum Gasteiger partial charge on any atom is -0.370 e. The Balaban J connectivity index is 2.22. The van der Waals surface area contributed by atoms with Crippen LogP contribution in [0.15, 0.2) is 29.9 Å². The van der Waals surface area contributed by atoms with Crippen LogP contribution < -0.4 is 5.32 Å². The van der Waals surface area contributed by atoms with E-state index in [1.165, 1.54) is 0 Å². The van der Waals surface area contributed by atoms with Gasteiger partial charge in [0.15, 0.2) is 5.82 Å². The fourth-order valence-corrected chi connectivity index (χ4v) is 2.77. The zero-order valence-corrected chi connectivity index (χ0v) is 11.7. The molecular formula is C14H14N4S. The third-order valence-electron chi connectivity index (χ3n) is 2.93. The number of hydrogen-bond donors (Lipinski definition) is 1. The summed E-state index contributed by atoms with van der Waals surface area (Å²) in [6.45, 7) is 4.94. The van der Waals surface area contributed by atoms with Crippen LogP contribution in [0.4, 0.5) is 5.82 Å². The van der Waals surface area contributed by atoms with Crippen molar-refractivity contribution in [3.05, 3.63) is 35.5 Å². The summed E-state index contributed by atoms with van der Waals surface area (Å²) in [5.41, 5.74) is 2.12. The Morgan fingerprint density at radius 1 is 1.26 bits per heavy atom. The van der Waals surface area contributed by atoms with E-state index in [0.717, 1.165) is 39.5 Å². The number of pyridine rings is 1. The van der Waals surface area contributed by atoms with Gasteiger partial charge in [-0.1, -0.05) is 0 Å². The number of hydrogen-bond acceptors (Lipinski definition) is 5. The summed E-state index contributed by atoms with van der Waals surface area (Å²) in [6, 6.07) is 4.01. The van der Waals surface area contributed by atoms with Gasteiger partial charge in [0.05, 0.1) is 5.39 Å². The molecule has 3 heterocycles. The van der Waals surface area contributed by atoms with Crippen LogP contribution in [0.1, 0.15) is 12.5 Å². The van der Waals surface area contributed by atoms with Crippen LogP contribution in [-0.2, 0) is 0 Å². The smallest absolute Gasteiger partial charge is 0.163 e. The molecule has 3 aromatic heterocycles. The highest BCUT2D eigenvalue weighted by atomic mass is 32.1. The first-order chi connectivity index (χ1) is 9.29. The lowest BCUT2D eigenvalue weighted by Gasteiger charge is -2.08. The molecule has 0 saturated carbocycles. The molecule has 0 aliphatic carbocycles. The highest BCUT2D eigenvalue weighted by Gasteiger charge is 2.11. The van der Waals surface area contributed by atoms with Gasteiger partial charge in [-0.2, -0.15) is 0 Å². The molecule has 0 spiro atoms. The quantitative estimate of drug-likeness (QED) is 0.791. The molecule has 5 heteroatoms. The minimum absolute atomic E-state index is 0.755. The fourth-order valence-electron chi connectivity index (χ4n) is 2.00. The van der Waals surface area contributed by atoms with E-state index < -0.39 is 0 Å². The van der Waals surface area contributed by atoms with Gasteiger partial charge < -0.3 is 5.32 Å². The van der Waals surface area contributed by atoms with E-state index in [-0.39, 0.29) is 0 Å². The maximum absolute atomic E-state index is 4.65. The lowest BCUT2D eigenvalue weighted by molar-refractivity contribution is 1.14. The Bertz CT molecular complexity index is 720. The summed E-state index contributed by atoms with van der Waals surface area (Å²) >= 11 is 1.64. The molecule has 1 N–H and O–H groups in total. The summed E-state index contributed by atoms with van der Waals surface area (Å²) < 4.78 is 0. The second-order valence-electron chi connectivity index (χ2n) is 4.26. The van der Waals surface area contributed by atoms with Gasteiger partial charge in [-0.3, -0.25) is 4.98 Å². The van der Waals surface area contributed by atoms with E-state index in [1.807, 2.05) is 24.6 Å². The Morgan fingerprint density at radius 3 is 2.95 bits per heavy atom. The van der Waals surface area contributed by atoms with Crippen LogP contribution in [0.3, 0.4) is 0 Å². The molecule has 3 aromatic rings. The van der Waals surface area contributed by atoms with Gasteiger partial charge in [0, 0.05) is 24.5 Å². The predicted octanol–water partition coefficient (Wildman–Crippen LogP) is 3.49. The molecule has 4 nitrogen and oxygen atoms in total. The van der Waals surface area contributed by atoms with E-state index in [4.69, 9.17) is 0 Å². The highest BCUT2D eigenvalue weighted by molar-refractivity contribution is 7.16. The molecule has 0 aliphatic heterocycles. The van der Waals surface area contributed by atoms with Crippen molar-refractivity contribution in [3.8, 4) is 11.4 Å². The van der Waals surface area contributed by atoms with E-state index in [9.17, 15) is 0 Å². The maximum Gasteiger partial charge on any atom is 0.163 e. The predicted molar refractivity (Wildman–Crippen MR) is 79.5 cm³/mol. The lowest BCUT2D eigenvalue weighted by Crippen LogP contribution is -2.02. The summed E-state index contributed by atoms with van der Waals surface area (Å²) in [4.78, 5) is 14.4. The average molecular weight is 270 g/mol. The van der Waals surface area contributed by atoms with Crippen molar-refractivity contribution in [1.29, 1.82) is 0 Å². The molecule has 0 aliphatic rings. The standard InChI is InChI=1S/C14H14N4S/c1-3-16-12-11-5-7-19-14(11)18-13(17-12)10-4-6-15-8-9(10)2/h4-8H,3H2,1-2H3,(H,16,17,18). The van der Waals surface area contributed by atoms with Crippen LogP contribution in [0.2, 0.25) is 0 Å². The SMILES string of the molecule is CCNc1nc(-c2ccncc2C)nc2sccc12. The highest BCUT2D eigenvalue weighted by Crippen LogP contribution is 2.29. The molecule has 0 saturated heterocycles. The molecule has 0 unspecified atom stereocenters. The molecule has 0 radical (unpaired) electrons. The number of nitrogens with zero attached hydrogens (tertiary/aromatic N) is 3. The van der Waals surface area contributed by atoms with Crippen LogP contribution in [0.5, 0.6) is 0 Å². The van der Waals surface area contributed by atoms with Crippen LogP contribution >= 0.6 is 11.3 Å². The second kappa shape index (κ2) is 4.93. The first kappa shape index (κ1) is 12.0. The van der Waals surface area contributed by atoms with Gasteiger partial charge in [0.1, 0.15) is 10.6 Å². The van der Waals surface area contributed by atoms with E-state index >= 15 is 0 Å². The van der Waals surface area contributed by atoms with Crippen molar-refractivity contribution in [1.82, 2.24) is 15.0 Å². The molecule has 0 fully saturated rings. The summed E-state index contributed by atoms with van der Waals surface area (Å²) in [5, 5.41) is 6.44. The number of nitrogens with one attached hydrogen (secondary N) is 1. The van der Waals surface area contributed by atoms with E-state index in [1.54, 1.807) is 17.5 Å². The van der Waals surface area contributed by atoms with Crippen molar-refractivity contribution in [2.45, 2.75) is 13.8 Å². The average Bonchev–Trinajstić information content (AvgIpc) is 2.88. The van der Waals surface area contributed by atoms with Gasteiger partial charge in [0.2, 0.25) is 0 Å². The molecule has 19 heavy (non-hydrogen) atoms. The zero-order chi connectivity index (χ0) is 13.2. The third-order valence-corrected chi connectivity index (χ3v) is 3.74.